The van der Waals surface area contributed by atoms with E-state index in [1.807, 2.05) is 13.8 Å². The lowest BCUT2D eigenvalue weighted by Crippen LogP contribution is -2.42. The number of amides is 1. The van der Waals surface area contributed by atoms with Crippen LogP contribution in [0.1, 0.15) is 26.5 Å². The molecular formula is C19H28IN5O2S. The third kappa shape index (κ3) is 7.27. The number of thiazole rings is 1. The summed E-state index contributed by atoms with van der Waals surface area (Å²) in [4.78, 5) is 21.0. The number of rotatable bonds is 8. The Bertz CT molecular complexity index is 794. The van der Waals surface area contributed by atoms with E-state index >= 15 is 0 Å². The van der Waals surface area contributed by atoms with Crippen molar-refractivity contribution in [3.05, 3.63) is 45.4 Å². The summed E-state index contributed by atoms with van der Waals surface area (Å²) in [6.45, 7) is 5.70. The molecular weight excluding hydrogens is 489 g/mol. The molecule has 0 spiro atoms. The highest BCUT2D eigenvalue weighted by molar-refractivity contribution is 14.0. The van der Waals surface area contributed by atoms with Gasteiger partial charge in [0.05, 0.1) is 18.3 Å². The quantitative estimate of drug-likeness (QED) is 0.217. The van der Waals surface area contributed by atoms with Gasteiger partial charge >= 0.3 is 0 Å². The van der Waals surface area contributed by atoms with E-state index in [0.29, 0.717) is 23.9 Å². The molecule has 154 valence electrons. The summed E-state index contributed by atoms with van der Waals surface area (Å²) in [7, 11) is 3.41. The summed E-state index contributed by atoms with van der Waals surface area (Å²) >= 11 is 1.35. The van der Waals surface area contributed by atoms with Gasteiger partial charge in [0, 0.05) is 26.7 Å². The van der Waals surface area contributed by atoms with E-state index in [2.05, 4.69) is 44.1 Å². The smallest absolute Gasteiger partial charge is 0.263 e. The number of benzene rings is 1. The van der Waals surface area contributed by atoms with E-state index in [-0.39, 0.29) is 29.9 Å². The van der Waals surface area contributed by atoms with Gasteiger partial charge in [0.2, 0.25) is 0 Å². The van der Waals surface area contributed by atoms with Gasteiger partial charge in [-0.25, -0.2) is 4.98 Å². The van der Waals surface area contributed by atoms with Gasteiger partial charge in [0.15, 0.2) is 5.96 Å². The van der Waals surface area contributed by atoms with Crippen molar-refractivity contribution in [2.24, 2.45) is 4.99 Å². The summed E-state index contributed by atoms with van der Waals surface area (Å²) in [5, 5.41) is 9.34. The molecule has 0 unspecified atom stereocenters. The molecule has 9 heteroatoms. The summed E-state index contributed by atoms with van der Waals surface area (Å²) in [5.74, 6) is 1.52. The minimum Gasteiger partial charge on any atom is -0.496 e. The number of aliphatic imine (C=N–C) groups is 1. The fourth-order valence-electron chi connectivity index (χ4n) is 2.52. The Morgan fingerprint density at radius 3 is 2.54 bits per heavy atom. The van der Waals surface area contributed by atoms with Gasteiger partial charge in [-0.3, -0.25) is 9.79 Å². The van der Waals surface area contributed by atoms with Gasteiger partial charge in [-0.2, -0.15) is 0 Å². The zero-order valence-electron chi connectivity index (χ0n) is 16.7. The number of carbonyl (C=O) groups excluding carboxylic acids is 1. The van der Waals surface area contributed by atoms with Crippen LogP contribution in [0.2, 0.25) is 0 Å². The zero-order chi connectivity index (χ0) is 19.6. The van der Waals surface area contributed by atoms with Crippen molar-refractivity contribution < 1.29 is 9.53 Å². The highest BCUT2D eigenvalue weighted by Gasteiger charge is 2.10. The Kier molecular flexibility index (Phi) is 10.8. The second-order valence-corrected chi connectivity index (χ2v) is 6.86. The fraction of sp³-hybridized carbons (Fsp3) is 0.421. The molecule has 0 bridgehead atoms. The molecule has 3 N–H and O–H groups in total. The first-order chi connectivity index (χ1) is 13.0. The highest BCUT2D eigenvalue weighted by atomic mass is 127. The lowest BCUT2D eigenvalue weighted by Gasteiger charge is -2.13. The molecule has 0 fully saturated rings. The second kappa shape index (κ2) is 12.6. The molecule has 0 aliphatic carbocycles. The lowest BCUT2D eigenvalue weighted by atomic mass is 10.1. The molecule has 0 aliphatic heterocycles. The minimum absolute atomic E-state index is 0. The molecule has 0 aliphatic rings. The molecule has 0 radical (unpaired) electrons. The van der Waals surface area contributed by atoms with E-state index in [1.54, 1.807) is 19.7 Å². The molecule has 0 atom stereocenters. The van der Waals surface area contributed by atoms with Crippen molar-refractivity contribution in [3.63, 3.8) is 0 Å². The summed E-state index contributed by atoms with van der Waals surface area (Å²) < 4.78 is 5.36. The number of aryl methyl sites for hydroxylation is 2. The number of nitrogens with zero attached hydrogens (tertiary/aromatic N) is 2. The lowest BCUT2D eigenvalue weighted by molar-refractivity contribution is 0.0957. The minimum atomic E-state index is -0.0898. The molecule has 7 nitrogen and oxygen atoms in total. The van der Waals surface area contributed by atoms with E-state index in [0.717, 1.165) is 30.0 Å². The third-order valence-electron chi connectivity index (χ3n) is 4.06. The van der Waals surface area contributed by atoms with E-state index < -0.39 is 0 Å². The van der Waals surface area contributed by atoms with Gasteiger partial charge in [0.25, 0.3) is 5.91 Å². The molecule has 1 aromatic heterocycles. The number of ether oxygens (including phenoxy) is 1. The topological polar surface area (TPSA) is 87.6 Å². The summed E-state index contributed by atoms with van der Waals surface area (Å²) in [6.07, 6.45) is 0.860. The molecule has 2 aromatic rings. The van der Waals surface area contributed by atoms with E-state index in [9.17, 15) is 4.79 Å². The number of hydrogen-bond acceptors (Lipinski definition) is 5. The van der Waals surface area contributed by atoms with Gasteiger partial charge < -0.3 is 20.7 Å². The Morgan fingerprint density at radius 2 is 1.89 bits per heavy atom. The van der Waals surface area contributed by atoms with Crippen molar-refractivity contribution >= 4 is 47.2 Å². The standard InChI is InChI=1S/C19H27N5O2S.HI/c1-13-5-6-15(11-16(13)26-4)7-8-22-19(20-3)23-10-9-21-18(25)17-14(2)24-12-27-17;/h5-6,11-12H,7-10H2,1-4H3,(H,21,25)(H2,20,22,23);1H. The van der Waals surface area contributed by atoms with Crippen molar-refractivity contribution in [3.8, 4) is 5.75 Å². The number of hydrogen-bond donors (Lipinski definition) is 3. The molecule has 1 aromatic carbocycles. The van der Waals surface area contributed by atoms with Crippen molar-refractivity contribution in [1.82, 2.24) is 20.9 Å². The highest BCUT2D eigenvalue weighted by Crippen LogP contribution is 2.19. The fourth-order valence-corrected chi connectivity index (χ4v) is 3.24. The van der Waals surface area contributed by atoms with Gasteiger partial charge in [0.1, 0.15) is 10.6 Å². The maximum absolute atomic E-state index is 12.0. The van der Waals surface area contributed by atoms with Crippen LogP contribution in [0.3, 0.4) is 0 Å². The number of methoxy groups -OCH3 is 1. The van der Waals surface area contributed by atoms with Crippen molar-refractivity contribution in [2.75, 3.05) is 33.8 Å². The first-order valence-corrected chi connectivity index (χ1v) is 9.69. The van der Waals surface area contributed by atoms with Crippen LogP contribution < -0.4 is 20.7 Å². The number of aromatic nitrogens is 1. The molecule has 1 amide bonds. The Balaban J connectivity index is 0.00000392. The number of guanidine groups is 1. The maximum Gasteiger partial charge on any atom is 0.263 e. The summed E-state index contributed by atoms with van der Waals surface area (Å²) in [6, 6.07) is 6.23. The van der Waals surface area contributed by atoms with Crippen LogP contribution in [0.25, 0.3) is 0 Å². The normalized spacial score (nSPS) is 10.8. The SMILES string of the molecule is CN=C(NCCNC(=O)c1scnc1C)NCCc1ccc(C)c(OC)c1.I. The van der Waals surface area contributed by atoms with Crippen molar-refractivity contribution in [2.45, 2.75) is 20.3 Å². The largest absolute Gasteiger partial charge is 0.496 e. The van der Waals surface area contributed by atoms with E-state index in [1.165, 1.54) is 16.9 Å². The van der Waals surface area contributed by atoms with Gasteiger partial charge in [-0.15, -0.1) is 35.3 Å². The number of nitrogens with one attached hydrogen (secondary N) is 3. The molecule has 2 rings (SSSR count). The molecule has 0 saturated carbocycles. The monoisotopic (exact) mass is 517 g/mol. The van der Waals surface area contributed by atoms with Crippen LogP contribution in [0, 0.1) is 13.8 Å². The summed E-state index contributed by atoms with van der Waals surface area (Å²) in [5.41, 5.74) is 4.77. The predicted molar refractivity (Wildman–Crippen MR) is 125 cm³/mol. The number of halogens is 1. The molecule has 28 heavy (non-hydrogen) atoms. The Morgan fingerprint density at radius 1 is 1.18 bits per heavy atom. The van der Waals surface area contributed by atoms with E-state index in [4.69, 9.17) is 4.74 Å². The van der Waals surface area contributed by atoms with Crippen LogP contribution in [0.4, 0.5) is 0 Å². The second-order valence-electron chi connectivity index (χ2n) is 6.00. The number of carbonyl (C=O) groups is 1. The third-order valence-corrected chi connectivity index (χ3v) is 4.98. The van der Waals surface area contributed by atoms with Gasteiger partial charge in [-0.05, 0) is 37.5 Å². The molecule has 1 heterocycles. The molecule has 0 saturated heterocycles. The zero-order valence-corrected chi connectivity index (χ0v) is 19.8. The van der Waals surface area contributed by atoms with Crippen LogP contribution in [0.5, 0.6) is 5.75 Å². The maximum atomic E-state index is 12.0. The Labute approximate surface area is 187 Å². The van der Waals surface area contributed by atoms with Crippen LogP contribution >= 0.6 is 35.3 Å². The van der Waals surface area contributed by atoms with Gasteiger partial charge in [-0.1, -0.05) is 12.1 Å². The van der Waals surface area contributed by atoms with Crippen LogP contribution in [-0.2, 0) is 6.42 Å². The average molecular weight is 517 g/mol. The Hall–Kier alpha value is -1.88. The van der Waals surface area contributed by atoms with Crippen molar-refractivity contribution in [1.29, 1.82) is 0 Å². The average Bonchev–Trinajstić information content (AvgIpc) is 3.10. The predicted octanol–water partition coefficient (Wildman–Crippen LogP) is 2.52. The van der Waals surface area contributed by atoms with Crippen LogP contribution in [-0.4, -0.2) is 50.6 Å². The first kappa shape index (κ1) is 24.2. The first-order valence-electron chi connectivity index (χ1n) is 8.81. The van der Waals surface area contributed by atoms with Crippen LogP contribution in [0.15, 0.2) is 28.7 Å².